The molecule has 1 aliphatic rings. The number of benzene rings is 1. The molecule has 1 aromatic rings. The van der Waals surface area contributed by atoms with Gasteiger partial charge in [0, 0.05) is 5.02 Å². The van der Waals surface area contributed by atoms with Crippen molar-refractivity contribution in [2.45, 2.75) is 46.0 Å². The van der Waals surface area contributed by atoms with Crippen molar-refractivity contribution in [1.82, 2.24) is 0 Å². The van der Waals surface area contributed by atoms with E-state index in [1.165, 1.54) is 0 Å². The molecule has 2 rings (SSSR count). The Bertz CT molecular complexity index is 484. The Balaban J connectivity index is 2.28. The summed E-state index contributed by atoms with van der Waals surface area (Å²) in [5.41, 5.74) is 1.44. The van der Waals surface area contributed by atoms with Gasteiger partial charge in [0.15, 0.2) is 0 Å². The first kappa shape index (κ1) is 14.4. The molecule has 0 spiro atoms. The second-order valence-electron chi connectivity index (χ2n) is 6.06. The molecule has 104 valence electrons. The summed E-state index contributed by atoms with van der Waals surface area (Å²) in [4.78, 5) is 11.8. The number of hydrogen-bond acceptors (Lipinski definition) is 1. The van der Waals surface area contributed by atoms with Crippen molar-refractivity contribution in [2.24, 2.45) is 11.3 Å². The standard InChI is InChI=1S/C16H21ClO2/c1-11-5-6-13(14(17)8-11)10-16(15(18)19)7-3-4-12(2)9-16/h5-6,8,12H,3-4,7,9-10H2,1-2H3,(H,18,19). The lowest BCUT2D eigenvalue weighted by Gasteiger charge is -2.36. The Morgan fingerprint density at radius 1 is 1.53 bits per heavy atom. The monoisotopic (exact) mass is 280 g/mol. The summed E-state index contributed by atoms with van der Waals surface area (Å²) in [6.07, 6.45) is 4.20. The lowest BCUT2D eigenvalue weighted by Crippen LogP contribution is -2.38. The molecule has 1 aromatic carbocycles. The Morgan fingerprint density at radius 3 is 2.84 bits per heavy atom. The molecule has 3 heteroatoms. The molecule has 1 fully saturated rings. The molecular weight excluding hydrogens is 260 g/mol. The number of aryl methyl sites for hydroxylation is 1. The normalized spacial score (nSPS) is 27.2. The van der Waals surface area contributed by atoms with Crippen molar-refractivity contribution in [2.75, 3.05) is 0 Å². The lowest BCUT2D eigenvalue weighted by atomic mass is 9.67. The zero-order chi connectivity index (χ0) is 14.0. The summed E-state index contributed by atoms with van der Waals surface area (Å²) in [5, 5.41) is 10.4. The van der Waals surface area contributed by atoms with Crippen LogP contribution >= 0.6 is 11.6 Å². The Morgan fingerprint density at radius 2 is 2.26 bits per heavy atom. The molecule has 0 radical (unpaired) electrons. The van der Waals surface area contributed by atoms with E-state index in [0.717, 1.165) is 36.8 Å². The van der Waals surface area contributed by atoms with E-state index in [1.54, 1.807) is 0 Å². The molecule has 2 unspecified atom stereocenters. The molecule has 0 aliphatic heterocycles. The van der Waals surface area contributed by atoms with Crippen LogP contribution in [0.15, 0.2) is 18.2 Å². The van der Waals surface area contributed by atoms with Crippen molar-refractivity contribution < 1.29 is 9.90 Å². The van der Waals surface area contributed by atoms with E-state index in [9.17, 15) is 9.90 Å². The molecular formula is C16H21ClO2. The summed E-state index contributed by atoms with van der Waals surface area (Å²) in [6.45, 7) is 4.14. The van der Waals surface area contributed by atoms with Crippen molar-refractivity contribution in [3.63, 3.8) is 0 Å². The van der Waals surface area contributed by atoms with Crippen LogP contribution in [0, 0.1) is 18.3 Å². The summed E-state index contributed by atoms with van der Waals surface area (Å²) in [5.74, 6) is -0.190. The van der Waals surface area contributed by atoms with Gasteiger partial charge in [-0.2, -0.15) is 0 Å². The molecule has 2 atom stereocenters. The molecule has 0 bridgehead atoms. The fourth-order valence-corrected chi connectivity index (χ4v) is 3.55. The number of rotatable bonds is 3. The van der Waals surface area contributed by atoms with Crippen LogP contribution in [0.25, 0.3) is 0 Å². The lowest BCUT2D eigenvalue weighted by molar-refractivity contribution is -0.152. The fourth-order valence-electron chi connectivity index (χ4n) is 3.25. The van der Waals surface area contributed by atoms with Gasteiger partial charge in [0.1, 0.15) is 0 Å². The van der Waals surface area contributed by atoms with E-state index in [4.69, 9.17) is 11.6 Å². The van der Waals surface area contributed by atoms with Crippen LogP contribution in [-0.2, 0) is 11.2 Å². The van der Waals surface area contributed by atoms with Gasteiger partial charge in [-0.3, -0.25) is 4.79 Å². The maximum Gasteiger partial charge on any atom is 0.309 e. The summed E-state index contributed by atoms with van der Waals surface area (Å²) in [7, 11) is 0. The van der Waals surface area contributed by atoms with Gasteiger partial charge in [0.05, 0.1) is 5.41 Å². The predicted octanol–water partition coefficient (Wildman–Crippen LogP) is 4.47. The first-order valence-corrected chi connectivity index (χ1v) is 7.29. The third-order valence-electron chi connectivity index (χ3n) is 4.28. The highest BCUT2D eigenvalue weighted by Gasteiger charge is 2.42. The molecule has 2 nitrogen and oxygen atoms in total. The van der Waals surface area contributed by atoms with Gasteiger partial charge in [-0.25, -0.2) is 0 Å². The zero-order valence-corrected chi connectivity index (χ0v) is 12.3. The van der Waals surface area contributed by atoms with Crippen molar-refractivity contribution in [3.05, 3.63) is 34.3 Å². The molecule has 1 aliphatic carbocycles. The van der Waals surface area contributed by atoms with Crippen LogP contribution in [0.1, 0.15) is 43.7 Å². The molecule has 1 N–H and O–H groups in total. The first-order valence-electron chi connectivity index (χ1n) is 6.91. The van der Waals surface area contributed by atoms with E-state index in [1.807, 2.05) is 25.1 Å². The highest BCUT2D eigenvalue weighted by molar-refractivity contribution is 6.31. The summed E-state index contributed by atoms with van der Waals surface area (Å²) < 4.78 is 0. The highest BCUT2D eigenvalue weighted by atomic mass is 35.5. The van der Waals surface area contributed by atoms with Crippen LogP contribution < -0.4 is 0 Å². The van der Waals surface area contributed by atoms with Gasteiger partial charge < -0.3 is 5.11 Å². The quantitative estimate of drug-likeness (QED) is 0.887. The van der Waals surface area contributed by atoms with Gasteiger partial charge >= 0.3 is 5.97 Å². The van der Waals surface area contributed by atoms with Gasteiger partial charge in [0.25, 0.3) is 0 Å². The minimum Gasteiger partial charge on any atom is -0.481 e. The van der Waals surface area contributed by atoms with E-state index in [0.29, 0.717) is 17.4 Å². The SMILES string of the molecule is Cc1ccc(CC2(C(=O)O)CCCC(C)C2)c(Cl)c1. The molecule has 0 amide bonds. The summed E-state index contributed by atoms with van der Waals surface area (Å²) in [6, 6.07) is 5.89. The fraction of sp³-hybridized carbons (Fsp3) is 0.562. The Labute approximate surface area is 119 Å². The van der Waals surface area contributed by atoms with Crippen molar-refractivity contribution in [3.8, 4) is 0 Å². The highest BCUT2D eigenvalue weighted by Crippen LogP contribution is 2.43. The largest absolute Gasteiger partial charge is 0.481 e. The van der Waals surface area contributed by atoms with Crippen LogP contribution in [0.3, 0.4) is 0 Å². The zero-order valence-electron chi connectivity index (χ0n) is 11.6. The number of carboxylic acid groups (broad SMARTS) is 1. The second kappa shape index (κ2) is 5.54. The van der Waals surface area contributed by atoms with Gasteiger partial charge in [-0.1, -0.05) is 43.5 Å². The van der Waals surface area contributed by atoms with Crippen LogP contribution in [0.5, 0.6) is 0 Å². The first-order chi connectivity index (χ1) is 8.93. The van der Waals surface area contributed by atoms with E-state index >= 15 is 0 Å². The topological polar surface area (TPSA) is 37.3 Å². The van der Waals surface area contributed by atoms with Crippen LogP contribution in [0.2, 0.25) is 5.02 Å². The predicted molar refractivity (Wildman–Crippen MR) is 77.6 cm³/mol. The average molecular weight is 281 g/mol. The number of carbonyl (C=O) groups is 1. The van der Waals surface area contributed by atoms with E-state index in [2.05, 4.69) is 6.92 Å². The van der Waals surface area contributed by atoms with Gasteiger partial charge in [-0.05, 0) is 49.3 Å². The molecule has 0 saturated heterocycles. The average Bonchev–Trinajstić information content (AvgIpc) is 2.33. The van der Waals surface area contributed by atoms with E-state index in [-0.39, 0.29) is 0 Å². The van der Waals surface area contributed by atoms with Crippen LogP contribution in [-0.4, -0.2) is 11.1 Å². The maximum absolute atomic E-state index is 11.8. The van der Waals surface area contributed by atoms with E-state index < -0.39 is 11.4 Å². The number of aliphatic carboxylic acids is 1. The third kappa shape index (κ3) is 3.11. The molecule has 0 heterocycles. The Hall–Kier alpha value is -1.02. The molecule has 1 saturated carbocycles. The van der Waals surface area contributed by atoms with Gasteiger partial charge in [-0.15, -0.1) is 0 Å². The van der Waals surface area contributed by atoms with Crippen LogP contribution in [0.4, 0.5) is 0 Å². The minimum absolute atomic E-state index is 0.481. The van der Waals surface area contributed by atoms with Crippen molar-refractivity contribution >= 4 is 17.6 Å². The smallest absolute Gasteiger partial charge is 0.309 e. The third-order valence-corrected chi connectivity index (χ3v) is 4.63. The number of hydrogen-bond donors (Lipinski definition) is 1. The molecule has 0 aromatic heterocycles. The van der Waals surface area contributed by atoms with Crippen molar-refractivity contribution in [1.29, 1.82) is 0 Å². The summed E-state index contributed by atoms with van der Waals surface area (Å²) >= 11 is 6.26. The Kier molecular flexibility index (Phi) is 4.19. The molecule has 19 heavy (non-hydrogen) atoms. The van der Waals surface area contributed by atoms with Gasteiger partial charge in [0.2, 0.25) is 0 Å². The minimum atomic E-state index is -0.671. The second-order valence-corrected chi connectivity index (χ2v) is 6.47. The maximum atomic E-state index is 11.8. The number of halogens is 1. The number of carboxylic acids is 1.